The van der Waals surface area contributed by atoms with Gasteiger partial charge >= 0.3 is 0 Å². The van der Waals surface area contributed by atoms with Gasteiger partial charge in [-0.15, -0.1) is 0 Å². The highest BCUT2D eigenvalue weighted by atomic mass is 35.5. The summed E-state index contributed by atoms with van der Waals surface area (Å²) >= 11 is 5.89. The molecule has 0 N–H and O–H groups in total. The molecular formula is C10H13ClN2OS. The zero-order valence-electron chi connectivity index (χ0n) is 8.74. The van der Waals surface area contributed by atoms with Gasteiger partial charge in [0.2, 0.25) is 0 Å². The zero-order valence-corrected chi connectivity index (χ0v) is 10.3. The van der Waals surface area contributed by atoms with Gasteiger partial charge in [0.05, 0.1) is 0 Å². The van der Waals surface area contributed by atoms with Crippen LogP contribution in [0.15, 0.2) is 16.5 Å². The lowest BCUT2D eigenvalue weighted by atomic mass is 10.2. The Balaban J connectivity index is 2.44. The Morgan fingerprint density at radius 1 is 1.47 bits per heavy atom. The number of nitrogens with zero attached hydrogens (tertiary/aromatic N) is 2. The molecule has 0 bridgehead atoms. The molecule has 0 amide bonds. The molecule has 15 heavy (non-hydrogen) atoms. The number of rotatable bonds is 2. The van der Waals surface area contributed by atoms with Crippen LogP contribution < -0.4 is 0 Å². The van der Waals surface area contributed by atoms with Gasteiger partial charge in [0.1, 0.15) is 5.15 Å². The van der Waals surface area contributed by atoms with Crippen molar-refractivity contribution in [2.24, 2.45) is 4.36 Å². The first kappa shape index (κ1) is 10.9. The SMILES string of the molecule is CS(C)(=O)=Nc1cc(C2CC2)cc(Cl)n1. The van der Waals surface area contributed by atoms with Crippen LogP contribution in [0.25, 0.3) is 0 Å². The van der Waals surface area contributed by atoms with Gasteiger partial charge in [0.25, 0.3) is 0 Å². The maximum Gasteiger partial charge on any atom is 0.163 e. The number of aromatic nitrogens is 1. The Morgan fingerprint density at radius 2 is 2.13 bits per heavy atom. The third-order valence-corrected chi connectivity index (χ3v) is 2.99. The van der Waals surface area contributed by atoms with Crippen molar-refractivity contribution in [2.75, 3.05) is 12.5 Å². The molecule has 0 atom stereocenters. The van der Waals surface area contributed by atoms with E-state index in [1.807, 2.05) is 12.1 Å². The third kappa shape index (κ3) is 3.18. The fourth-order valence-electron chi connectivity index (χ4n) is 1.43. The highest BCUT2D eigenvalue weighted by Gasteiger charge is 2.24. The van der Waals surface area contributed by atoms with Crippen LogP contribution in [0.1, 0.15) is 24.3 Å². The van der Waals surface area contributed by atoms with Crippen molar-refractivity contribution in [3.63, 3.8) is 0 Å². The minimum absolute atomic E-state index is 0.432. The maximum atomic E-state index is 11.5. The molecule has 5 heteroatoms. The normalized spacial score (nSPS) is 16.5. The van der Waals surface area contributed by atoms with E-state index in [-0.39, 0.29) is 0 Å². The van der Waals surface area contributed by atoms with E-state index in [9.17, 15) is 4.21 Å². The molecule has 1 aliphatic rings. The number of halogens is 1. The largest absolute Gasteiger partial charge is 0.250 e. The molecule has 1 heterocycles. The molecule has 0 saturated heterocycles. The lowest BCUT2D eigenvalue weighted by Gasteiger charge is -2.01. The number of hydrogen-bond donors (Lipinski definition) is 0. The van der Waals surface area contributed by atoms with Gasteiger partial charge in [0, 0.05) is 22.2 Å². The van der Waals surface area contributed by atoms with E-state index >= 15 is 0 Å². The Labute approximate surface area is 95.1 Å². The van der Waals surface area contributed by atoms with Crippen molar-refractivity contribution in [1.29, 1.82) is 0 Å². The van der Waals surface area contributed by atoms with Gasteiger partial charge in [-0.2, -0.15) is 4.36 Å². The van der Waals surface area contributed by atoms with Crippen LogP contribution in [0.5, 0.6) is 0 Å². The standard InChI is InChI=1S/C10H13ClN2OS/c1-15(2,14)13-10-6-8(7-3-4-7)5-9(11)12-10/h5-7H,3-4H2,1-2H3. The van der Waals surface area contributed by atoms with Crippen LogP contribution in [0.2, 0.25) is 5.15 Å². The fourth-order valence-corrected chi connectivity index (χ4v) is 2.18. The lowest BCUT2D eigenvalue weighted by molar-refractivity contribution is 0.684. The number of hydrogen-bond acceptors (Lipinski definition) is 3. The average molecular weight is 245 g/mol. The van der Waals surface area contributed by atoms with E-state index in [1.54, 1.807) is 12.5 Å². The van der Waals surface area contributed by atoms with Crippen LogP contribution in [0, 0.1) is 0 Å². The molecule has 0 aliphatic heterocycles. The monoisotopic (exact) mass is 244 g/mol. The van der Waals surface area contributed by atoms with Crippen LogP contribution in [-0.4, -0.2) is 21.7 Å². The fraction of sp³-hybridized carbons (Fsp3) is 0.500. The van der Waals surface area contributed by atoms with E-state index in [0.29, 0.717) is 16.9 Å². The predicted molar refractivity (Wildman–Crippen MR) is 63.3 cm³/mol. The zero-order chi connectivity index (χ0) is 11.1. The topological polar surface area (TPSA) is 42.3 Å². The molecule has 2 rings (SSSR count). The molecule has 0 spiro atoms. The summed E-state index contributed by atoms with van der Waals surface area (Å²) in [4.78, 5) is 4.05. The first-order valence-electron chi connectivity index (χ1n) is 4.79. The Morgan fingerprint density at radius 3 is 2.67 bits per heavy atom. The van der Waals surface area contributed by atoms with Gasteiger partial charge in [-0.05, 0) is 36.5 Å². The van der Waals surface area contributed by atoms with Crippen LogP contribution in [0.4, 0.5) is 5.82 Å². The highest BCUT2D eigenvalue weighted by Crippen LogP contribution is 2.41. The Hall–Kier alpha value is -0.610. The minimum atomic E-state index is -2.16. The summed E-state index contributed by atoms with van der Waals surface area (Å²) < 4.78 is 15.6. The maximum absolute atomic E-state index is 11.5. The smallest absolute Gasteiger partial charge is 0.163 e. The average Bonchev–Trinajstić information content (AvgIpc) is 2.80. The summed E-state index contributed by atoms with van der Waals surface area (Å²) in [6.07, 6.45) is 5.58. The lowest BCUT2D eigenvalue weighted by Crippen LogP contribution is -1.91. The molecule has 1 saturated carbocycles. The van der Waals surface area contributed by atoms with Crippen molar-refractivity contribution in [1.82, 2.24) is 4.98 Å². The van der Waals surface area contributed by atoms with Gasteiger partial charge in [-0.25, -0.2) is 9.19 Å². The van der Waals surface area contributed by atoms with E-state index in [4.69, 9.17) is 11.6 Å². The van der Waals surface area contributed by atoms with Crippen molar-refractivity contribution >= 4 is 27.1 Å². The Bertz CT molecular complexity index is 494. The minimum Gasteiger partial charge on any atom is -0.250 e. The summed E-state index contributed by atoms with van der Waals surface area (Å²) in [6.45, 7) is 0. The molecule has 0 aromatic carbocycles. The molecule has 1 aromatic heterocycles. The molecule has 0 unspecified atom stereocenters. The molecular weight excluding hydrogens is 232 g/mol. The van der Waals surface area contributed by atoms with E-state index in [1.165, 1.54) is 12.8 Å². The quantitative estimate of drug-likeness (QED) is 0.751. The van der Waals surface area contributed by atoms with Crippen molar-refractivity contribution in [3.05, 3.63) is 22.8 Å². The first-order valence-corrected chi connectivity index (χ1v) is 7.49. The van der Waals surface area contributed by atoms with Gasteiger partial charge in [-0.1, -0.05) is 11.6 Å². The third-order valence-electron chi connectivity index (χ3n) is 2.17. The molecule has 3 nitrogen and oxygen atoms in total. The highest BCUT2D eigenvalue weighted by molar-refractivity contribution is 7.92. The van der Waals surface area contributed by atoms with Crippen molar-refractivity contribution in [3.8, 4) is 0 Å². The van der Waals surface area contributed by atoms with Crippen LogP contribution in [0.3, 0.4) is 0 Å². The first-order chi connectivity index (χ1) is 6.94. The number of pyridine rings is 1. The molecule has 1 aromatic rings. The van der Waals surface area contributed by atoms with Gasteiger partial charge in [0.15, 0.2) is 5.82 Å². The van der Waals surface area contributed by atoms with Gasteiger partial charge < -0.3 is 0 Å². The molecule has 1 aliphatic carbocycles. The second-order valence-electron chi connectivity index (χ2n) is 4.13. The molecule has 82 valence electrons. The second kappa shape index (κ2) is 3.76. The summed E-state index contributed by atoms with van der Waals surface area (Å²) in [5.41, 5.74) is 1.16. The van der Waals surface area contributed by atoms with E-state index in [2.05, 4.69) is 9.35 Å². The molecule has 0 radical (unpaired) electrons. The van der Waals surface area contributed by atoms with E-state index in [0.717, 1.165) is 5.56 Å². The van der Waals surface area contributed by atoms with Crippen molar-refractivity contribution in [2.45, 2.75) is 18.8 Å². The van der Waals surface area contributed by atoms with Crippen LogP contribution >= 0.6 is 11.6 Å². The summed E-state index contributed by atoms with van der Waals surface area (Å²) in [5.74, 6) is 1.09. The van der Waals surface area contributed by atoms with Crippen molar-refractivity contribution < 1.29 is 4.21 Å². The van der Waals surface area contributed by atoms with Gasteiger partial charge in [-0.3, -0.25) is 0 Å². The second-order valence-corrected chi connectivity index (χ2v) is 7.06. The summed E-state index contributed by atoms with van der Waals surface area (Å²) in [6, 6.07) is 3.75. The van der Waals surface area contributed by atoms with Crippen LogP contribution in [-0.2, 0) is 9.73 Å². The Kier molecular flexibility index (Phi) is 2.73. The summed E-state index contributed by atoms with van der Waals surface area (Å²) in [7, 11) is -2.16. The molecule has 1 fully saturated rings. The summed E-state index contributed by atoms with van der Waals surface area (Å²) in [5, 5.41) is 0.432. The predicted octanol–water partition coefficient (Wildman–Crippen LogP) is 2.97. The van der Waals surface area contributed by atoms with E-state index < -0.39 is 9.73 Å².